The number of aromatic nitrogens is 1. The smallest absolute Gasteiger partial charge is 0.274 e. The summed E-state index contributed by atoms with van der Waals surface area (Å²) < 4.78 is 5.63. The molecule has 1 aromatic heterocycles. The second-order valence-electron chi connectivity index (χ2n) is 6.24. The van der Waals surface area contributed by atoms with Crippen molar-refractivity contribution in [2.45, 2.75) is 20.8 Å². The van der Waals surface area contributed by atoms with Gasteiger partial charge in [-0.15, -0.1) is 0 Å². The van der Waals surface area contributed by atoms with Gasteiger partial charge in [0.2, 0.25) is 0 Å². The Balaban J connectivity index is 1.77. The first kappa shape index (κ1) is 18.5. The predicted octanol–water partition coefficient (Wildman–Crippen LogP) is 5.09. The van der Waals surface area contributed by atoms with Gasteiger partial charge in [-0.3, -0.25) is 9.78 Å². The van der Waals surface area contributed by atoms with Crippen molar-refractivity contribution < 1.29 is 9.53 Å². The first-order valence-corrected chi connectivity index (χ1v) is 8.90. The quantitative estimate of drug-likeness (QED) is 0.642. The number of carbonyl (C=O) groups excluding carboxylic acids is 1. The molecule has 0 unspecified atom stereocenters. The third kappa shape index (κ3) is 4.64. The lowest BCUT2D eigenvalue weighted by Gasteiger charge is -2.13. The lowest BCUT2D eigenvalue weighted by Crippen LogP contribution is -2.14. The monoisotopic (exact) mass is 361 g/mol. The summed E-state index contributed by atoms with van der Waals surface area (Å²) in [4.78, 5) is 16.8. The molecule has 27 heavy (non-hydrogen) atoms. The zero-order valence-electron chi connectivity index (χ0n) is 15.7. The molecule has 0 atom stereocenters. The van der Waals surface area contributed by atoms with Crippen LogP contribution in [0.25, 0.3) is 0 Å². The SMILES string of the molecule is CCOc1ccccc1Nc1ccnc(C(=O)Nc2ccc(C)c(C)c2)c1. The number of amides is 1. The zero-order valence-corrected chi connectivity index (χ0v) is 15.7. The van der Waals surface area contributed by atoms with Gasteiger partial charge in [-0.1, -0.05) is 18.2 Å². The van der Waals surface area contributed by atoms with Crippen LogP contribution in [0.4, 0.5) is 17.1 Å². The number of pyridine rings is 1. The number of rotatable bonds is 6. The van der Waals surface area contributed by atoms with Crippen LogP contribution in [0.1, 0.15) is 28.5 Å². The number of nitrogens with zero attached hydrogens (tertiary/aromatic N) is 1. The Morgan fingerprint density at radius 3 is 2.59 bits per heavy atom. The van der Waals surface area contributed by atoms with Crippen LogP contribution in [0.5, 0.6) is 5.75 Å². The van der Waals surface area contributed by atoms with Gasteiger partial charge >= 0.3 is 0 Å². The van der Waals surface area contributed by atoms with Crippen molar-refractivity contribution in [1.29, 1.82) is 0 Å². The Bertz CT molecular complexity index is 954. The molecule has 0 aliphatic rings. The molecule has 3 rings (SSSR count). The summed E-state index contributed by atoms with van der Waals surface area (Å²) in [6.07, 6.45) is 1.61. The minimum absolute atomic E-state index is 0.250. The van der Waals surface area contributed by atoms with Crippen molar-refractivity contribution in [1.82, 2.24) is 4.98 Å². The van der Waals surface area contributed by atoms with E-state index in [0.717, 1.165) is 28.4 Å². The van der Waals surface area contributed by atoms with E-state index in [1.54, 1.807) is 12.3 Å². The van der Waals surface area contributed by atoms with E-state index in [2.05, 4.69) is 15.6 Å². The van der Waals surface area contributed by atoms with E-state index in [0.29, 0.717) is 12.3 Å². The van der Waals surface area contributed by atoms with Gasteiger partial charge in [0.25, 0.3) is 5.91 Å². The van der Waals surface area contributed by atoms with Crippen molar-refractivity contribution in [3.8, 4) is 5.75 Å². The highest BCUT2D eigenvalue weighted by Gasteiger charge is 2.10. The van der Waals surface area contributed by atoms with E-state index in [4.69, 9.17) is 4.74 Å². The highest BCUT2D eigenvalue weighted by molar-refractivity contribution is 6.03. The van der Waals surface area contributed by atoms with Crippen LogP contribution in [0, 0.1) is 13.8 Å². The highest BCUT2D eigenvalue weighted by atomic mass is 16.5. The first-order valence-electron chi connectivity index (χ1n) is 8.90. The fraction of sp³-hybridized carbons (Fsp3) is 0.182. The number of para-hydroxylation sites is 2. The largest absolute Gasteiger partial charge is 0.492 e. The van der Waals surface area contributed by atoms with E-state index in [1.165, 1.54) is 5.56 Å². The summed E-state index contributed by atoms with van der Waals surface area (Å²) in [6.45, 7) is 6.58. The highest BCUT2D eigenvalue weighted by Crippen LogP contribution is 2.27. The number of hydrogen-bond acceptors (Lipinski definition) is 4. The van der Waals surface area contributed by atoms with Crippen LogP contribution in [0.2, 0.25) is 0 Å². The molecule has 138 valence electrons. The molecule has 0 bridgehead atoms. The van der Waals surface area contributed by atoms with Gasteiger partial charge in [0.15, 0.2) is 0 Å². The van der Waals surface area contributed by atoms with Crippen molar-refractivity contribution in [3.63, 3.8) is 0 Å². The van der Waals surface area contributed by atoms with E-state index >= 15 is 0 Å². The van der Waals surface area contributed by atoms with Gasteiger partial charge < -0.3 is 15.4 Å². The van der Waals surface area contributed by atoms with Crippen LogP contribution in [0.15, 0.2) is 60.8 Å². The molecule has 2 N–H and O–H groups in total. The molecule has 3 aromatic rings. The van der Waals surface area contributed by atoms with E-state index < -0.39 is 0 Å². The molecule has 0 aliphatic heterocycles. The zero-order chi connectivity index (χ0) is 19.2. The summed E-state index contributed by atoms with van der Waals surface area (Å²) in [6, 6.07) is 17.1. The maximum Gasteiger partial charge on any atom is 0.274 e. The van der Waals surface area contributed by atoms with Crippen molar-refractivity contribution in [2.75, 3.05) is 17.2 Å². The fourth-order valence-electron chi connectivity index (χ4n) is 2.65. The summed E-state index contributed by atoms with van der Waals surface area (Å²) in [7, 11) is 0. The Labute approximate surface area is 159 Å². The molecular weight excluding hydrogens is 338 g/mol. The maximum absolute atomic E-state index is 12.6. The number of ether oxygens (including phenoxy) is 1. The average Bonchev–Trinajstić information content (AvgIpc) is 2.67. The van der Waals surface area contributed by atoms with E-state index in [1.807, 2.05) is 69.3 Å². The summed E-state index contributed by atoms with van der Waals surface area (Å²) >= 11 is 0. The second-order valence-corrected chi connectivity index (χ2v) is 6.24. The second kappa shape index (κ2) is 8.36. The molecular formula is C22H23N3O2. The summed E-state index contributed by atoms with van der Waals surface area (Å²) in [5.41, 5.74) is 5.01. The van der Waals surface area contributed by atoms with E-state index in [9.17, 15) is 4.79 Å². The van der Waals surface area contributed by atoms with Crippen molar-refractivity contribution >= 4 is 23.0 Å². The number of nitrogens with one attached hydrogen (secondary N) is 2. The normalized spacial score (nSPS) is 10.3. The Kier molecular flexibility index (Phi) is 5.71. The molecule has 5 heteroatoms. The molecule has 1 amide bonds. The topological polar surface area (TPSA) is 63.2 Å². The molecule has 1 heterocycles. The van der Waals surface area contributed by atoms with Crippen LogP contribution in [0.3, 0.4) is 0 Å². The molecule has 0 radical (unpaired) electrons. The fourth-order valence-corrected chi connectivity index (χ4v) is 2.65. The van der Waals surface area contributed by atoms with Gasteiger partial charge in [-0.05, 0) is 68.3 Å². The van der Waals surface area contributed by atoms with Crippen LogP contribution < -0.4 is 15.4 Å². The van der Waals surface area contributed by atoms with Gasteiger partial charge in [0.1, 0.15) is 11.4 Å². The van der Waals surface area contributed by atoms with E-state index in [-0.39, 0.29) is 5.91 Å². The van der Waals surface area contributed by atoms with Gasteiger partial charge in [0, 0.05) is 17.6 Å². The first-order chi connectivity index (χ1) is 13.1. The number of anilines is 3. The minimum atomic E-state index is -0.250. The lowest BCUT2D eigenvalue weighted by atomic mass is 10.1. The number of hydrogen-bond donors (Lipinski definition) is 2. The standard InChI is InChI=1S/C22H23N3O2/c1-4-27-21-8-6-5-7-19(21)24-18-11-12-23-20(14-18)22(26)25-17-10-9-15(2)16(3)13-17/h5-14H,4H2,1-3H3,(H,23,24)(H,25,26). The van der Waals surface area contributed by atoms with Crippen molar-refractivity contribution in [3.05, 3.63) is 77.6 Å². The molecule has 0 saturated carbocycles. The predicted molar refractivity (Wildman–Crippen MR) is 109 cm³/mol. The van der Waals surface area contributed by atoms with Gasteiger partial charge in [-0.2, -0.15) is 0 Å². The lowest BCUT2D eigenvalue weighted by molar-refractivity contribution is 0.102. The van der Waals surface area contributed by atoms with Crippen LogP contribution in [-0.4, -0.2) is 17.5 Å². The average molecular weight is 361 g/mol. The van der Waals surface area contributed by atoms with Gasteiger partial charge in [-0.25, -0.2) is 0 Å². The summed E-state index contributed by atoms with van der Waals surface area (Å²) in [5.74, 6) is 0.512. The Morgan fingerprint density at radius 2 is 1.81 bits per heavy atom. The molecule has 0 spiro atoms. The summed E-state index contributed by atoms with van der Waals surface area (Å²) in [5, 5.41) is 6.18. The molecule has 0 saturated heterocycles. The molecule has 0 aliphatic carbocycles. The van der Waals surface area contributed by atoms with Crippen LogP contribution >= 0.6 is 0 Å². The van der Waals surface area contributed by atoms with Gasteiger partial charge in [0.05, 0.1) is 12.3 Å². The molecule has 0 fully saturated rings. The van der Waals surface area contributed by atoms with Crippen LogP contribution in [-0.2, 0) is 0 Å². The number of aryl methyl sites for hydroxylation is 2. The Morgan fingerprint density at radius 1 is 1.00 bits per heavy atom. The number of benzene rings is 2. The minimum Gasteiger partial charge on any atom is -0.492 e. The number of carbonyl (C=O) groups is 1. The third-order valence-electron chi connectivity index (χ3n) is 4.22. The third-order valence-corrected chi connectivity index (χ3v) is 4.22. The Hall–Kier alpha value is -3.34. The molecule has 5 nitrogen and oxygen atoms in total. The molecule has 2 aromatic carbocycles. The maximum atomic E-state index is 12.6. The van der Waals surface area contributed by atoms with Crippen molar-refractivity contribution in [2.24, 2.45) is 0 Å².